The van der Waals surface area contributed by atoms with Gasteiger partial charge in [-0.1, -0.05) is 36.4 Å². The van der Waals surface area contributed by atoms with Gasteiger partial charge in [0.05, 0.1) is 11.1 Å². The molecule has 9 heteroatoms. The minimum Gasteiger partial charge on any atom is -0.454 e. The number of oxazole rings is 1. The van der Waals surface area contributed by atoms with Crippen molar-refractivity contribution in [3.63, 3.8) is 0 Å². The fourth-order valence-electron chi connectivity index (χ4n) is 2.47. The molecule has 3 rings (SSSR count). The Morgan fingerprint density at radius 2 is 1.97 bits per heavy atom. The Morgan fingerprint density at radius 3 is 2.69 bits per heavy atom. The fourth-order valence-corrected chi connectivity index (χ4v) is 2.47. The summed E-state index contributed by atoms with van der Waals surface area (Å²) in [5.41, 5.74) is 0.695. The standard InChI is InChI=1S/C20H17N3O6/c1-13(22-19(24)15-8-5-9-16(10-15)23(26)27)20(25)28-12-18-21-11-17(29-18)14-6-3-2-4-7-14/h2-11,13H,12H2,1H3,(H,22,24)/t13-/m0/s1. The van der Waals surface area contributed by atoms with E-state index in [1.54, 1.807) is 0 Å². The van der Waals surface area contributed by atoms with Gasteiger partial charge in [-0.2, -0.15) is 0 Å². The van der Waals surface area contributed by atoms with Crippen LogP contribution in [0.1, 0.15) is 23.2 Å². The maximum atomic E-state index is 12.2. The molecule has 0 saturated carbocycles. The fraction of sp³-hybridized carbons (Fsp3) is 0.150. The predicted octanol–water partition coefficient (Wildman–Crippen LogP) is 3.11. The van der Waals surface area contributed by atoms with E-state index in [1.165, 1.54) is 31.3 Å². The van der Waals surface area contributed by atoms with Crippen molar-refractivity contribution in [3.8, 4) is 11.3 Å². The molecule has 1 heterocycles. The van der Waals surface area contributed by atoms with Crippen molar-refractivity contribution >= 4 is 17.6 Å². The minimum absolute atomic E-state index is 0.0686. The average molecular weight is 395 g/mol. The highest BCUT2D eigenvalue weighted by molar-refractivity contribution is 5.97. The molecule has 0 spiro atoms. The van der Waals surface area contributed by atoms with Crippen LogP contribution in [0.2, 0.25) is 0 Å². The molecule has 1 N–H and O–H groups in total. The summed E-state index contributed by atoms with van der Waals surface area (Å²) >= 11 is 0. The number of carbonyl (C=O) groups is 2. The summed E-state index contributed by atoms with van der Waals surface area (Å²) in [5, 5.41) is 13.2. The number of amides is 1. The van der Waals surface area contributed by atoms with Gasteiger partial charge in [0.2, 0.25) is 5.89 Å². The second-order valence-corrected chi connectivity index (χ2v) is 6.09. The second kappa shape index (κ2) is 8.79. The van der Waals surface area contributed by atoms with Gasteiger partial charge in [0.15, 0.2) is 12.4 Å². The molecular weight excluding hydrogens is 378 g/mol. The van der Waals surface area contributed by atoms with E-state index in [0.717, 1.165) is 11.6 Å². The molecule has 1 atom stereocenters. The smallest absolute Gasteiger partial charge is 0.328 e. The van der Waals surface area contributed by atoms with Crippen LogP contribution in [-0.2, 0) is 16.1 Å². The third-order valence-electron chi connectivity index (χ3n) is 3.97. The first kappa shape index (κ1) is 19.7. The van der Waals surface area contributed by atoms with Crippen molar-refractivity contribution in [2.45, 2.75) is 19.6 Å². The number of aromatic nitrogens is 1. The average Bonchev–Trinajstić information content (AvgIpc) is 3.21. The predicted molar refractivity (Wildman–Crippen MR) is 102 cm³/mol. The molecule has 0 saturated heterocycles. The lowest BCUT2D eigenvalue weighted by Crippen LogP contribution is -2.39. The Hall–Kier alpha value is -4.01. The lowest BCUT2D eigenvalue weighted by Gasteiger charge is -2.12. The second-order valence-electron chi connectivity index (χ2n) is 6.09. The molecule has 0 fully saturated rings. The van der Waals surface area contributed by atoms with E-state index < -0.39 is 22.8 Å². The van der Waals surface area contributed by atoms with E-state index in [9.17, 15) is 19.7 Å². The Kier molecular flexibility index (Phi) is 5.98. The Labute approximate surface area is 165 Å². The molecule has 3 aromatic rings. The minimum atomic E-state index is -0.967. The number of benzene rings is 2. The van der Waals surface area contributed by atoms with Crippen molar-refractivity contribution in [1.82, 2.24) is 10.3 Å². The van der Waals surface area contributed by atoms with Crippen molar-refractivity contribution in [3.05, 3.63) is 82.4 Å². The SMILES string of the molecule is C[C@H](NC(=O)c1cccc([N+](=O)[O-])c1)C(=O)OCc1ncc(-c2ccccc2)o1. The van der Waals surface area contributed by atoms with Crippen LogP contribution < -0.4 is 5.32 Å². The van der Waals surface area contributed by atoms with Gasteiger partial charge in [-0.15, -0.1) is 0 Å². The van der Waals surface area contributed by atoms with Gasteiger partial charge in [-0.05, 0) is 13.0 Å². The third kappa shape index (κ3) is 5.04. The quantitative estimate of drug-likeness (QED) is 0.370. The van der Waals surface area contributed by atoms with Gasteiger partial charge < -0.3 is 14.5 Å². The molecule has 1 amide bonds. The van der Waals surface area contributed by atoms with Crippen LogP contribution in [0.15, 0.2) is 65.2 Å². The van der Waals surface area contributed by atoms with Crippen LogP contribution in [-0.4, -0.2) is 27.8 Å². The van der Waals surface area contributed by atoms with Gasteiger partial charge in [0, 0.05) is 23.3 Å². The zero-order chi connectivity index (χ0) is 20.8. The van der Waals surface area contributed by atoms with E-state index in [1.807, 2.05) is 30.3 Å². The Bertz CT molecular complexity index is 1030. The number of nitrogens with zero attached hydrogens (tertiary/aromatic N) is 2. The molecule has 9 nitrogen and oxygen atoms in total. The van der Waals surface area contributed by atoms with Gasteiger partial charge in [-0.25, -0.2) is 9.78 Å². The van der Waals surface area contributed by atoms with Crippen molar-refractivity contribution in [2.75, 3.05) is 0 Å². The summed E-state index contributed by atoms with van der Waals surface area (Å²) in [4.78, 5) is 38.6. The lowest BCUT2D eigenvalue weighted by atomic mass is 10.2. The number of nitrogens with one attached hydrogen (secondary N) is 1. The van der Waals surface area contributed by atoms with Gasteiger partial charge >= 0.3 is 5.97 Å². The molecule has 2 aromatic carbocycles. The highest BCUT2D eigenvalue weighted by Gasteiger charge is 2.20. The topological polar surface area (TPSA) is 125 Å². The first-order chi connectivity index (χ1) is 13.9. The zero-order valence-corrected chi connectivity index (χ0v) is 15.4. The summed E-state index contributed by atoms with van der Waals surface area (Å²) < 4.78 is 10.7. The van der Waals surface area contributed by atoms with Crippen LogP contribution in [0.25, 0.3) is 11.3 Å². The van der Waals surface area contributed by atoms with Crippen LogP contribution in [0.4, 0.5) is 5.69 Å². The molecule has 0 radical (unpaired) electrons. The zero-order valence-electron chi connectivity index (χ0n) is 15.4. The first-order valence-corrected chi connectivity index (χ1v) is 8.66. The molecule has 29 heavy (non-hydrogen) atoms. The van der Waals surface area contributed by atoms with Crippen molar-refractivity contribution in [2.24, 2.45) is 0 Å². The number of rotatable bonds is 7. The van der Waals surface area contributed by atoms with Crippen LogP contribution in [0, 0.1) is 10.1 Å². The van der Waals surface area contributed by atoms with E-state index in [2.05, 4.69) is 10.3 Å². The molecule has 0 bridgehead atoms. The summed E-state index contributed by atoms with van der Waals surface area (Å²) in [6, 6.07) is 13.6. The molecule has 0 aliphatic heterocycles. The molecule has 0 unspecified atom stereocenters. The third-order valence-corrected chi connectivity index (χ3v) is 3.97. The van der Waals surface area contributed by atoms with Crippen molar-refractivity contribution < 1.29 is 23.7 Å². The molecule has 1 aromatic heterocycles. The van der Waals surface area contributed by atoms with Crippen LogP contribution in [0.3, 0.4) is 0 Å². The molecular formula is C20H17N3O6. The summed E-state index contributed by atoms with van der Waals surface area (Å²) in [6.07, 6.45) is 1.53. The maximum absolute atomic E-state index is 12.2. The summed E-state index contributed by atoms with van der Waals surface area (Å²) in [6.45, 7) is 1.26. The van der Waals surface area contributed by atoms with Gasteiger partial charge in [0.1, 0.15) is 6.04 Å². The summed E-state index contributed by atoms with van der Waals surface area (Å²) in [7, 11) is 0. The Balaban J connectivity index is 1.54. The van der Waals surface area contributed by atoms with E-state index in [4.69, 9.17) is 9.15 Å². The number of hydrogen-bond donors (Lipinski definition) is 1. The number of nitro groups is 1. The largest absolute Gasteiger partial charge is 0.454 e. The maximum Gasteiger partial charge on any atom is 0.328 e. The number of hydrogen-bond acceptors (Lipinski definition) is 7. The van der Waals surface area contributed by atoms with E-state index in [0.29, 0.717) is 5.76 Å². The molecule has 0 aliphatic carbocycles. The van der Waals surface area contributed by atoms with E-state index in [-0.39, 0.29) is 23.7 Å². The van der Waals surface area contributed by atoms with Crippen molar-refractivity contribution in [1.29, 1.82) is 0 Å². The highest BCUT2D eigenvalue weighted by Crippen LogP contribution is 2.20. The molecule has 0 aliphatic rings. The van der Waals surface area contributed by atoms with E-state index >= 15 is 0 Å². The van der Waals surface area contributed by atoms with Gasteiger partial charge in [0.25, 0.3) is 11.6 Å². The molecule has 148 valence electrons. The highest BCUT2D eigenvalue weighted by atomic mass is 16.6. The van der Waals surface area contributed by atoms with Crippen LogP contribution in [0.5, 0.6) is 0 Å². The monoisotopic (exact) mass is 395 g/mol. The number of carbonyl (C=O) groups excluding carboxylic acids is 2. The van der Waals surface area contributed by atoms with Crippen LogP contribution >= 0.6 is 0 Å². The summed E-state index contributed by atoms with van der Waals surface area (Å²) in [5.74, 6) is -0.554. The first-order valence-electron chi connectivity index (χ1n) is 8.66. The number of non-ortho nitro benzene ring substituents is 1. The van der Waals surface area contributed by atoms with Gasteiger partial charge in [-0.3, -0.25) is 14.9 Å². The lowest BCUT2D eigenvalue weighted by molar-refractivity contribution is -0.384. The number of esters is 1. The number of nitro benzene ring substituents is 1. The normalized spacial score (nSPS) is 11.5. The Morgan fingerprint density at radius 1 is 1.21 bits per heavy atom. The number of ether oxygens (including phenoxy) is 1.